The molecule has 4 nitrogen and oxygen atoms in total. The molecule has 2 aromatic carbocycles. The van der Waals surface area contributed by atoms with Crippen LogP contribution >= 0.6 is 0 Å². The van der Waals surface area contributed by atoms with Crippen LogP contribution in [0.4, 0.5) is 5.69 Å². The van der Waals surface area contributed by atoms with Gasteiger partial charge >= 0.3 is 0 Å². The van der Waals surface area contributed by atoms with Gasteiger partial charge in [-0.3, -0.25) is 4.79 Å². The molecule has 0 radical (unpaired) electrons. The summed E-state index contributed by atoms with van der Waals surface area (Å²) in [6.07, 6.45) is 0. The molecule has 0 fully saturated rings. The van der Waals surface area contributed by atoms with Crippen molar-refractivity contribution in [1.29, 1.82) is 0 Å². The lowest BCUT2D eigenvalue weighted by atomic mass is 10.2. The average molecular weight is 284 g/mol. The van der Waals surface area contributed by atoms with Crippen molar-refractivity contribution in [1.82, 2.24) is 4.90 Å². The Morgan fingerprint density at radius 3 is 2.57 bits per heavy atom. The molecule has 0 heterocycles. The summed E-state index contributed by atoms with van der Waals surface area (Å²) in [5.41, 5.74) is 1.36. The summed E-state index contributed by atoms with van der Waals surface area (Å²) in [4.78, 5) is 14.1. The minimum atomic E-state index is -0.124. The quantitative estimate of drug-likeness (QED) is 0.887. The minimum Gasteiger partial charge on any atom is -0.492 e. The number of carbonyl (C=O) groups is 1. The van der Waals surface area contributed by atoms with Crippen LogP contribution in [0.1, 0.15) is 10.4 Å². The maximum Gasteiger partial charge on any atom is 0.255 e. The minimum absolute atomic E-state index is 0.124. The Kier molecular flexibility index (Phi) is 5.35. The Morgan fingerprint density at radius 1 is 1.10 bits per heavy atom. The third kappa shape index (κ3) is 4.93. The first-order valence-corrected chi connectivity index (χ1v) is 6.89. The molecule has 21 heavy (non-hydrogen) atoms. The molecular weight excluding hydrogens is 264 g/mol. The van der Waals surface area contributed by atoms with Crippen LogP contribution in [0, 0.1) is 0 Å². The maximum absolute atomic E-state index is 12.1. The fourth-order valence-electron chi connectivity index (χ4n) is 1.80. The Labute approximate surface area is 125 Å². The van der Waals surface area contributed by atoms with Crippen molar-refractivity contribution in [2.75, 3.05) is 32.6 Å². The van der Waals surface area contributed by atoms with E-state index in [9.17, 15) is 4.79 Å². The summed E-state index contributed by atoms with van der Waals surface area (Å²) < 4.78 is 5.65. The van der Waals surface area contributed by atoms with Gasteiger partial charge in [0.05, 0.1) is 0 Å². The van der Waals surface area contributed by atoms with Gasteiger partial charge in [0.2, 0.25) is 0 Å². The molecule has 0 aromatic heterocycles. The van der Waals surface area contributed by atoms with Gasteiger partial charge in [-0.1, -0.05) is 24.3 Å². The SMILES string of the molecule is CN(C)CCOc1cccc(NC(=O)c2ccccc2)c1. The van der Waals surface area contributed by atoms with Gasteiger partial charge in [-0.05, 0) is 38.4 Å². The second-order valence-corrected chi connectivity index (χ2v) is 5.00. The summed E-state index contributed by atoms with van der Waals surface area (Å²) >= 11 is 0. The van der Waals surface area contributed by atoms with E-state index in [0.717, 1.165) is 18.0 Å². The van der Waals surface area contributed by atoms with E-state index in [4.69, 9.17) is 4.74 Å². The van der Waals surface area contributed by atoms with Gasteiger partial charge in [0, 0.05) is 23.9 Å². The number of hydrogen-bond donors (Lipinski definition) is 1. The number of anilines is 1. The zero-order chi connectivity index (χ0) is 15.1. The first-order chi connectivity index (χ1) is 10.1. The Hall–Kier alpha value is -2.33. The fraction of sp³-hybridized carbons (Fsp3) is 0.235. The van der Waals surface area contributed by atoms with Crippen LogP contribution in [0.3, 0.4) is 0 Å². The maximum atomic E-state index is 12.1. The van der Waals surface area contributed by atoms with Crippen LogP contribution in [0.25, 0.3) is 0 Å². The van der Waals surface area contributed by atoms with E-state index in [0.29, 0.717) is 12.2 Å². The summed E-state index contributed by atoms with van der Waals surface area (Å²) in [6, 6.07) is 16.6. The third-order valence-corrected chi connectivity index (χ3v) is 2.94. The van der Waals surface area contributed by atoms with E-state index in [-0.39, 0.29) is 5.91 Å². The third-order valence-electron chi connectivity index (χ3n) is 2.94. The molecule has 0 aliphatic heterocycles. The highest BCUT2D eigenvalue weighted by Gasteiger charge is 2.05. The van der Waals surface area contributed by atoms with Crippen molar-refractivity contribution in [3.05, 3.63) is 60.2 Å². The summed E-state index contributed by atoms with van der Waals surface area (Å²) in [5, 5.41) is 2.87. The molecule has 4 heteroatoms. The second-order valence-electron chi connectivity index (χ2n) is 5.00. The summed E-state index contributed by atoms with van der Waals surface area (Å²) in [6.45, 7) is 1.46. The summed E-state index contributed by atoms with van der Waals surface area (Å²) in [7, 11) is 4.00. The van der Waals surface area contributed by atoms with Crippen LogP contribution in [0.5, 0.6) is 5.75 Å². The molecule has 2 aromatic rings. The lowest BCUT2D eigenvalue weighted by molar-refractivity contribution is 0.102. The summed E-state index contributed by atoms with van der Waals surface area (Å²) in [5.74, 6) is 0.628. The highest BCUT2D eigenvalue weighted by Crippen LogP contribution is 2.18. The fourth-order valence-corrected chi connectivity index (χ4v) is 1.80. The molecule has 110 valence electrons. The highest BCUT2D eigenvalue weighted by molar-refractivity contribution is 6.04. The van der Waals surface area contributed by atoms with Gasteiger partial charge in [0.1, 0.15) is 12.4 Å². The number of ether oxygens (including phenoxy) is 1. The van der Waals surface area contributed by atoms with Crippen LogP contribution in [0.2, 0.25) is 0 Å². The van der Waals surface area contributed by atoms with Crippen LogP contribution in [-0.2, 0) is 0 Å². The van der Waals surface area contributed by atoms with Crippen molar-refractivity contribution < 1.29 is 9.53 Å². The number of likely N-dealkylation sites (N-methyl/N-ethyl adjacent to an activating group) is 1. The number of carbonyl (C=O) groups excluding carboxylic acids is 1. The molecule has 0 bridgehead atoms. The molecular formula is C17H20N2O2. The van der Waals surface area contributed by atoms with Gasteiger partial charge in [-0.2, -0.15) is 0 Å². The van der Waals surface area contributed by atoms with Gasteiger partial charge in [-0.15, -0.1) is 0 Å². The number of nitrogens with one attached hydrogen (secondary N) is 1. The lowest BCUT2D eigenvalue weighted by Gasteiger charge is -2.12. The molecule has 0 atom stereocenters. The zero-order valence-corrected chi connectivity index (χ0v) is 12.4. The Balaban J connectivity index is 1.96. The molecule has 0 spiro atoms. The van der Waals surface area contributed by atoms with Crippen LogP contribution in [0.15, 0.2) is 54.6 Å². The predicted molar refractivity (Wildman–Crippen MR) is 84.9 cm³/mol. The van der Waals surface area contributed by atoms with Gasteiger partial charge in [0.25, 0.3) is 5.91 Å². The number of amides is 1. The molecule has 0 unspecified atom stereocenters. The number of nitrogens with zero attached hydrogens (tertiary/aromatic N) is 1. The average Bonchev–Trinajstić information content (AvgIpc) is 2.48. The molecule has 0 aliphatic rings. The number of benzene rings is 2. The van der Waals surface area contributed by atoms with E-state index >= 15 is 0 Å². The smallest absolute Gasteiger partial charge is 0.255 e. The van der Waals surface area contributed by atoms with Crippen molar-refractivity contribution in [2.24, 2.45) is 0 Å². The molecule has 0 saturated heterocycles. The van der Waals surface area contributed by atoms with Crippen molar-refractivity contribution in [3.8, 4) is 5.75 Å². The number of rotatable bonds is 6. The first kappa shape index (κ1) is 15.1. The second kappa shape index (κ2) is 7.45. The molecule has 1 N–H and O–H groups in total. The zero-order valence-electron chi connectivity index (χ0n) is 12.4. The van der Waals surface area contributed by atoms with E-state index < -0.39 is 0 Å². The molecule has 0 saturated carbocycles. The van der Waals surface area contributed by atoms with E-state index in [1.807, 2.05) is 56.6 Å². The van der Waals surface area contributed by atoms with Crippen molar-refractivity contribution in [2.45, 2.75) is 0 Å². The van der Waals surface area contributed by atoms with Crippen LogP contribution < -0.4 is 10.1 Å². The standard InChI is InChI=1S/C17H20N2O2/c1-19(2)11-12-21-16-10-6-9-15(13-16)18-17(20)14-7-4-3-5-8-14/h3-10,13H,11-12H2,1-2H3,(H,18,20). The van der Waals surface area contributed by atoms with E-state index in [1.165, 1.54) is 0 Å². The highest BCUT2D eigenvalue weighted by atomic mass is 16.5. The van der Waals surface area contributed by atoms with Crippen molar-refractivity contribution in [3.63, 3.8) is 0 Å². The predicted octanol–water partition coefficient (Wildman–Crippen LogP) is 2.88. The molecule has 0 aliphatic carbocycles. The Morgan fingerprint density at radius 2 is 1.86 bits per heavy atom. The van der Waals surface area contributed by atoms with Gasteiger partial charge in [-0.25, -0.2) is 0 Å². The van der Waals surface area contributed by atoms with Gasteiger partial charge < -0.3 is 15.0 Å². The largest absolute Gasteiger partial charge is 0.492 e. The topological polar surface area (TPSA) is 41.6 Å². The normalized spacial score (nSPS) is 10.4. The van der Waals surface area contributed by atoms with E-state index in [1.54, 1.807) is 12.1 Å². The monoisotopic (exact) mass is 284 g/mol. The van der Waals surface area contributed by atoms with Gasteiger partial charge in [0.15, 0.2) is 0 Å². The molecule has 1 amide bonds. The Bertz CT molecular complexity index is 582. The number of hydrogen-bond acceptors (Lipinski definition) is 3. The van der Waals surface area contributed by atoms with E-state index in [2.05, 4.69) is 10.2 Å². The lowest BCUT2D eigenvalue weighted by Crippen LogP contribution is -2.19. The van der Waals surface area contributed by atoms with Crippen LogP contribution in [-0.4, -0.2) is 38.1 Å². The van der Waals surface area contributed by atoms with Crippen molar-refractivity contribution >= 4 is 11.6 Å². The first-order valence-electron chi connectivity index (χ1n) is 6.89. The molecule has 2 rings (SSSR count).